The van der Waals surface area contributed by atoms with Gasteiger partial charge in [0.05, 0.1) is 0 Å². The van der Waals surface area contributed by atoms with Gasteiger partial charge in [-0.05, 0) is 43.6 Å². The number of nitrogens with zero attached hydrogens (tertiary/aromatic N) is 2. The molecule has 0 N–H and O–H groups in total. The summed E-state index contributed by atoms with van der Waals surface area (Å²) in [6, 6.07) is 4.21. The molecule has 0 amide bonds. The molecule has 0 unspecified atom stereocenters. The predicted molar refractivity (Wildman–Crippen MR) is 92.5 cm³/mol. The predicted octanol–water partition coefficient (Wildman–Crippen LogP) is 3.12. The Balaban J connectivity index is 3.10. The normalized spacial score (nSPS) is 12.6. The van der Waals surface area contributed by atoms with Gasteiger partial charge in [-0.3, -0.25) is 0 Å². The van der Waals surface area contributed by atoms with E-state index >= 15 is 0 Å². The zero-order chi connectivity index (χ0) is 17.6. The number of hydrogen-bond acceptors (Lipinski definition) is 3. The standard InChI is InChI=1S/C17H29FN2O2S/c1-6-19(7-2)10-11-20(13-14(3)4)23(21,22)17-12-15(5)8-9-16(17)18/h8-9,12,14H,6-7,10-11,13H2,1-5H3. The third-order valence-electron chi connectivity index (χ3n) is 3.83. The van der Waals surface area contributed by atoms with Crippen LogP contribution in [0.5, 0.6) is 0 Å². The molecular weight excluding hydrogens is 315 g/mol. The Bertz CT molecular complexity index is 599. The first-order valence-corrected chi connectivity index (χ1v) is 9.65. The molecule has 4 nitrogen and oxygen atoms in total. The van der Waals surface area contributed by atoms with Crippen LogP contribution < -0.4 is 0 Å². The highest BCUT2D eigenvalue weighted by molar-refractivity contribution is 7.89. The molecule has 1 rings (SSSR count). The van der Waals surface area contributed by atoms with Crippen LogP contribution >= 0.6 is 0 Å². The minimum atomic E-state index is -3.83. The van der Waals surface area contributed by atoms with Crippen molar-refractivity contribution in [3.8, 4) is 0 Å². The average Bonchev–Trinajstić information content (AvgIpc) is 2.48. The second-order valence-corrected chi connectivity index (χ2v) is 8.12. The SMILES string of the molecule is CCN(CC)CCN(CC(C)C)S(=O)(=O)c1cc(C)ccc1F. The van der Waals surface area contributed by atoms with Gasteiger partial charge in [0.25, 0.3) is 0 Å². The highest BCUT2D eigenvalue weighted by Gasteiger charge is 2.28. The molecule has 0 spiro atoms. The Morgan fingerprint density at radius 1 is 1.13 bits per heavy atom. The molecule has 0 aromatic heterocycles. The van der Waals surface area contributed by atoms with Crippen LogP contribution in [0.1, 0.15) is 33.3 Å². The Morgan fingerprint density at radius 3 is 2.26 bits per heavy atom. The van der Waals surface area contributed by atoms with Crippen LogP contribution in [0.4, 0.5) is 4.39 Å². The van der Waals surface area contributed by atoms with Crippen molar-refractivity contribution in [3.05, 3.63) is 29.6 Å². The van der Waals surface area contributed by atoms with E-state index in [2.05, 4.69) is 4.90 Å². The van der Waals surface area contributed by atoms with Crippen molar-refractivity contribution in [1.82, 2.24) is 9.21 Å². The molecule has 0 radical (unpaired) electrons. The molecule has 0 aliphatic carbocycles. The van der Waals surface area contributed by atoms with E-state index in [1.54, 1.807) is 13.0 Å². The zero-order valence-electron chi connectivity index (χ0n) is 14.8. The Morgan fingerprint density at radius 2 is 1.74 bits per heavy atom. The maximum absolute atomic E-state index is 14.1. The molecule has 1 aromatic carbocycles. The maximum atomic E-state index is 14.1. The van der Waals surface area contributed by atoms with Gasteiger partial charge in [-0.25, -0.2) is 12.8 Å². The minimum Gasteiger partial charge on any atom is -0.303 e. The van der Waals surface area contributed by atoms with Crippen molar-refractivity contribution < 1.29 is 12.8 Å². The summed E-state index contributed by atoms with van der Waals surface area (Å²) in [6.07, 6.45) is 0. The number of aryl methyl sites for hydroxylation is 1. The van der Waals surface area contributed by atoms with Crippen LogP contribution in [0.2, 0.25) is 0 Å². The fourth-order valence-corrected chi connectivity index (χ4v) is 4.20. The Labute approximate surface area is 140 Å². The van der Waals surface area contributed by atoms with Gasteiger partial charge in [-0.2, -0.15) is 4.31 Å². The summed E-state index contributed by atoms with van der Waals surface area (Å²) >= 11 is 0. The zero-order valence-corrected chi connectivity index (χ0v) is 15.7. The van der Waals surface area contributed by atoms with Crippen molar-refractivity contribution in [3.63, 3.8) is 0 Å². The minimum absolute atomic E-state index is 0.175. The van der Waals surface area contributed by atoms with Crippen LogP contribution in [0, 0.1) is 18.7 Å². The number of benzene rings is 1. The highest BCUT2D eigenvalue weighted by atomic mass is 32.2. The van der Waals surface area contributed by atoms with Gasteiger partial charge in [0.1, 0.15) is 10.7 Å². The molecule has 0 aliphatic rings. The molecule has 23 heavy (non-hydrogen) atoms. The molecule has 1 aromatic rings. The smallest absolute Gasteiger partial charge is 0.246 e. The van der Waals surface area contributed by atoms with Crippen molar-refractivity contribution in [2.24, 2.45) is 5.92 Å². The van der Waals surface area contributed by atoms with E-state index in [0.717, 1.165) is 18.7 Å². The summed E-state index contributed by atoms with van der Waals surface area (Å²) in [7, 11) is -3.83. The topological polar surface area (TPSA) is 40.6 Å². The van der Waals surface area contributed by atoms with Crippen molar-refractivity contribution in [2.75, 3.05) is 32.7 Å². The Kier molecular flexibility index (Phi) is 7.64. The first-order chi connectivity index (χ1) is 10.7. The molecule has 0 atom stereocenters. The molecule has 0 saturated heterocycles. The highest BCUT2D eigenvalue weighted by Crippen LogP contribution is 2.21. The van der Waals surface area contributed by atoms with Gasteiger partial charge < -0.3 is 4.90 Å². The molecule has 0 heterocycles. The molecule has 0 fully saturated rings. The molecule has 0 bridgehead atoms. The summed E-state index contributed by atoms with van der Waals surface area (Å²) in [4.78, 5) is 1.94. The van der Waals surface area contributed by atoms with E-state index in [0.29, 0.717) is 19.6 Å². The van der Waals surface area contributed by atoms with E-state index in [1.807, 2.05) is 27.7 Å². The van der Waals surface area contributed by atoms with Crippen LogP contribution in [-0.2, 0) is 10.0 Å². The van der Waals surface area contributed by atoms with Crippen molar-refractivity contribution in [2.45, 2.75) is 39.5 Å². The van der Waals surface area contributed by atoms with Gasteiger partial charge in [-0.15, -0.1) is 0 Å². The van der Waals surface area contributed by atoms with Gasteiger partial charge in [0, 0.05) is 19.6 Å². The second kappa shape index (κ2) is 8.76. The van der Waals surface area contributed by atoms with Crippen LogP contribution in [0.25, 0.3) is 0 Å². The fraction of sp³-hybridized carbons (Fsp3) is 0.647. The average molecular weight is 344 g/mol. The molecule has 0 saturated carbocycles. The van der Waals surface area contributed by atoms with Crippen molar-refractivity contribution in [1.29, 1.82) is 0 Å². The fourth-order valence-electron chi connectivity index (χ4n) is 2.46. The lowest BCUT2D eigenvalue weighted by molar-refractivity contribution is 0.261. The lowest BCUT2D eigenvalue weighted by atomic mass is 10.2. The molecular formula is C17H29FN2O2S. The number of halogens is 1. The third kappa shape index (κ3) is 5.55. The van der Waals surface area contributed by atoms with Crippen LogP contribution in [-0.4, -0.2) is 50.3 Å². The van der Waals surface area contributed by atoms with E-state index < -0.39 is 15.8 Å². The second-order valence-electron chi connectivity index (χ2n) is 6.22. The van der Waals surface area contributed by atoms with Gasteiger partial charge in [-0.1, -0.05) is 33.8 Å². The summed E-state index contributed by atoms with van der Waals surface area (Å²) < 4.78 is 41.3. The van der Waals surface area contributed by atoms with Crippen LogP contribution in [0.3, 0.4) is 0 Å². The quantitative estimate of drug-likeness (QED) is 0.691. The summed E-state index contributed by atoms with van der Waals surface area (Å²) in [5, 5.41) is 0. The number of likely N-dealkylation sites (N-methyl/N-ethyl adjacent to an activating group) is 1. The lowest BCUT2D eigenvalue weighted by Gasteiger charge is -2.27. The monoisotopic (exact) mass is 344 g/mol. The summed E-state index contributed by atoms with van der Waals surface area (Å²) in [6.45, 7) is 12.9. The third-order valence-corrected chi connectivity index (χ3v) is 5.71. The van der Waals surface area contributed by atoms with E-state index in [1.165, 1.54) is 16.4 Å². The summed E-state index contributed by atoms with van der Waals surface area (Å²) in [5.41, 5.74) is 0.734. The van der Waals surface area contributed by atoms with Gasteiger partial charge >= 0.3 is 0 Å². The lowest BCUT2D eigenvalue weighted by Crippen LogP contribution is -2.40. The van der Waals surface area contributed by atoms with E-state index in [-0.39, 0.29) is 10.8 Å². The first-order valence-electron chi connectivity index (χ1n) is 8.21. The van der Waals surface area contributed by atoms with Crippen molar-refractivity contribution >= 4 is 10.0 Å². The van der Waals surface area contributed by atoms with Crippen LogP contribution in [0.15, 0.2) is 23.1 Å². The largest absolute Gasteiger partial charge is 0.303 e. The number of sulfonamides is 1. The van der Waals surface area contributed by atoms with Gasteiger partial charge in [0.15, 0.2) is 0 Å². The van der Waals surface area contributed by atoms with Gasteiger partial charge in [0.2, 0.25) is 10.0 Å². The molecule has 0 aliphatic heterocycles. The maximum Gasteiger partial charge on any atom is 0.246 e. The number of hydrogen-bond donors (Lipinski definition) is 0. The van der Waals surface area contributed by atoms with E-state index in [9.17, 15) is 12.8 Å². The Hall–Kier alpha value is -0.980. The molecule has 132 valence electrons. The van der Waals surface area contributed by atoms with E-state index in [4.69, 9.17) is 0 Å². The number of rotatable bonds is 9. The molecule has 6 heteroatoms. The summed E-state index contributed by atoms with van der Waals surface area (Å²) in [5.74, 6) is -0.512. The first kappa shape index (κ1) is 20.1.